The summed E-state index contributed by atoms with van der Waals surface area (Å²) < 4.78 is 0. The van der Waals surface area contributed by atoms with E-state index in [0.29, 0.717) is 0 Å². The number of aryl methyl sites for hydroxylation is 1. The molecule has 3 nitrogen and oxygen atoms in total. The van der Waals surface area contributed by atoms with Gasteiger partial charge in [0.1, 0.15) is 0 Å². The van der Waals surface area contributed by atoms with Crippen LogP contribution in [0.15, 0.2) is 18.2 Å². The Balaban J connectivity index is 1.72. The quantitative estimate of drug-likeness (QED) is 0.820. The van der Waals surface area contributed by atoms with Crippen molar-refractivity contribution in [1.82, 2.24) is 0 Å². The van der Waals surface area contributed by atoms with Gasteiger partial charge in [0.25, 0.3) is 0 Å². The zero-order chi connectivity index (χ0) is 11.7. The minimum absolute atomic E-state index is 0.187. The minimum Gasteiger partial charge on any atom is -0.385 e. The number of benzene rings is 1. The Hall–Kier alpha value is -1.51. The van der Waals surface area contributed by atoms with Gasteiger partial charge in [-0.2, -0.15) is 0 Å². The summed E-state index contributed by atoms with van der Waals surface area (Å²) in [5.41, 5.74) is 3.47. The van der Waals surface area contributed by atoms with Gasteiger partial charge in [0.2, 0.25) is 5.91 Å². The Morgan fingerprint density at radius 3 is 2.94 bits per heavy atom. The summed E-state index contributed by atoms with van der Waals surface area (Å²) in [6.07, 6.45) is 5.63. The smallest absolute Gasteiger partial charge is 0.227 e. The first-order valence-corrected chi connectivity index (χ1v) is 6.50. The van der Waals surface area contributed by atoms with Gasteiger partial charge in [-0.1, -0.05) is 12.5 Å². The first-order chi connectivity index (χ1) is 8.33. The third-order valence-corrected chi connectivity index (χ3v) is 3.79. The molecular formula is C14H18N2O. The summed E-state index contributed by atoms with van der Waals surface area (Å²) in [5.74, 6) is 0.436. The maximum Gasteiger partial charge on any atom is 0.227 e. The van der Waals surface area contributed by atoms with Crippen LogP contribution in [-0.4, -0.2) is 12.5 Å². The summed E-state index contributed by atoms with van der Waals surface area (Å²) in [6, 6.07) is 6.20. The molecule has 0 saturated heterocycles. The van der Waals surface area contributed by atoms with Gasteiger partial charge in [0, 0.05) is 23.8 Å². The minimum atomic E-state index is 0.187. The Bertz CT molecular complexity index is 438. The Morgan fingerprint density at radius 1 is 1.29 bits per heavy atom. The SMILES string of the molecule is O=C(Nc1ccc2c(c1)NCCC2)C1CCC1. The van der Waals surface area contributed by atoms with E-state index in [1.54, 1.807) is 0 Å². The molecule has 1 saturated carbocycles. The lowest BCUT2D eigenvalue weighted by molar-refractivity contribution is -0.122. The van der Waals surface area contributed by atoms with Gasteiger partial charge >= 0.3 is 0 Å². The van der Waals surface area contributed by atoms with Gasteiger partial charge in [0.05, 0.1) is 0 Å². The maximum absolute atomic E-state index is 11.8. The Labute approximate surface area is 102 Å². The van der Waals surface area contributed by atoms with Crippen molar-refractivity contribution in [3.63, 3.8) is 0 Å². The predicted octanol–water partition coefficient (Wildman–Crippen LogP) is 2.78. The summed E-state index contributed by atoms with van der Waals surface area (Å²) >= 11 is 0. The average Bonchev–Trinajstić information content (AvgIpc) is 2.26. The topological polar surface area (TPSA) is 41.1 Å². The molecule has 3 rings (SSSR count). The zero-order valence-electron chi connectivity index (χ0n) is 9.96. The number of hydrogen-bond acceptors (Lipinski definition) is 2. The average molecular weight is 230 g/mol. The predicted molar refractivity (Wildman–Crippen MR) is 69.2 cm³/mol. The second-order valence-electron chi connectivity index (χ2n) is 5.02. The summed E-state index contributed by atoms with van der Waals surface area (Å²) in [7, 11) is 0. The van der Waals surface area contributed by atoms with Gasteiger partial charge in [-0.3, -0.25) is 4.79 Å². The highest BCUT2D eigenvalue weighted by atomic mass is 16.1. The van der Waals surface area contributed by atoms with E-state index in [0.717, 1.165) is 31.5 Å². The molecule has 0 bridgehead atoms. The van der Waals surface area contributed by atoms with Gasteiger partial charge in [-0.15, -0.1) is 0 Å². The lowest BCUT2D eigenvalue weighted by Gasteiger charge is -2.24. The van der Waals surface area contributed by atoms with Crippen LogP contribution >= 0.6 is 0 Å². The van der Waals surface area contributed by atoms with E-state index in [2.05, 4.69) is 22.8 Å². The second-order valence-corrected chi connectivity index (χ2v) is 5.02. The van der Waals surface area contributed by atoms with Crippen molar-refractivity contribution in [2.24, 2.45) is 5.92 Å². The van der Waals surface area contributed by atoms with E-state index < -0.39 is 0 Å². The van der Waals surface area contributed by atoms with E-state index in [1.807, 2.05) is 6.07 Å². The first-order valence-electron chi connectivity index (χ1n) is 6.50. The molecule has 2 aliphatic rings. The number of amides is 1. The molecule has 1 aromatic carbocycles. The van der Waals surface area contributed by atoms with Gasteiger partial charge in [-0.05, 0) is 43.4 Å². The molecule has 2 N–H and O–H groups in total. The van der Waals surface area contributed by atoms with Gasteiger partial charge < -0.3 is 10.6 Å². The van der Waals surface area contributed by atoms with Gasteiger partial charge in [-0.25, -0.2) is 0 Å². The molecule has 1 fully saturated rings. The number of carbonyl (C=O) groups excluding carboxylic acids is 1. The van der Waals surface area contributed by atoms with Crippen LogP contribution in [0.3, 0.4) is 0 Å². The summed E-state index contributed by atoms with van der Waals surface area (Å²) in [5, 5.41) is 6.40. The molecule has 0 atom stereocenters. The van der Waals surface area contributed by atoms with Crippen LogP contribution in [0.4, 0.5) is 11.4 Å². The molecule has 3 heteroatoms. The Kier molecular flexibility index (Phi) is 2.75. The fraction of sp³-hybridized carbons (Fsp3) is 0.500. The maximum atomic E-state index is 11.8. The first kappa shape index (κ1) is 10.6. The van der Waals surface area contributed by atoms with Crippen molar-refractivity contribution in [2.75, 3.05) is 17.2 Å². The molecule has 1 heterocycles. The number of anilines is 2. The van der Waals surface area contributed by atoms with Crippen LogP contribution in [0.5, 0.6) is 0 Å². The Morgan fingerprint density at radius 2 is 2.18 bits per heavy atom. The van der Waals surface area contributed by atoms with Crippen molar-refractivity contribution in [3.8, 4) is 0 Å². The van der Waals surface area contributed by atoms with Crippen LogP contribution in [0.1, 0.15) is 31.2 Å². The molecule has 0 spiro atoms. The number of carbonyl (C=O) groups is 1. The van der Waals surface area contributed by atoms with Gasteiger partial charge in [0.15, 0.2) is 0 Å². The number of rotatable bonds is 2. The third kappa shape index (κ3) is 2.14. The molecule has 1 aliphatic carbocycles. The highest BCUT2D eigenvalue weighted by molar-refractivity contribution is 5.93. The normalized spacial score (nSPS) is 18.8. The molecule has 0 radical (unpaired) electrons. The molecule has 1 aliphatic heterocycles. The number of fused-ring (bicyclic) bond motifs is 1. The van der Waals surface area contributed by atoms with E-state index in [9.17, 15) is 4.79 Å². The highest BCUT2D eigenvalue weighted by Crippen LogP contribution is 2.29. The molecule has 17 heavy (non-hydrogen) atoms. The van der Waals surface area contributed by atoms with Crippen molar-refractivity contribution in [3.05, 3.63) is 23.8 Å². The van der Waals surface area contributed by atoms with Crippen LogP contribution in [0.2, 0.25) is 0 Å². The number of hydrogen-bond donors (Lipinski definition) is 2. The molecule has 0 aromatic heterocycles. The fourth-order valence-electron chi connectivity index (χ4n) is 2.45. The van der Waals surface area contributed by atoms with Crippen LogP contribution in [-0.2, 0) is 11.2 Å². The standard InChI is InChI=1S/C14H18N2O/c17-14(11-3-1-4-11)16-12-7-6-10-5-2-8-15-13(10)9-12/h6-7,9,11,15H,1-5,8H2,(H,16,17). The fourth-order valence-corrected chi connectivity index (χ4v) is 2.45. The molecular weight excluding hydrogens is 212 g/mol. The van der Waals surface area contributed by atoms with E-state index in [1.165, 1.54) is 24.1 Å². The highest BCUT2D eigenvalue weighted by Gasteiger charge is 2.25. The monoisotopic (exact) mass is 230 g/mol. The van der Waals surface area contributed by atoms with Crippen molar-refractivity contribution >= 4 is 17.3 Å². The van der Waals surface area contributed by atoms with Crippen LogP contribution in [0.25, 0.3) is 0 Å². The largest absolute Gasteiger partial charge is 0.385 e. The van der Waals surface area contributed by atoms with E-state index in [-0.39, 0.29) is 11.8 Å². The zero-order valence-corrected chi connectivity index (χ0v) is 9.96. The third-order valence-electron chi connectivity index (χ3n) is 3.79. The molecule has 0 unspecified atom stereocenters. The summed E-state index contributed by atoms with van der Waals surface area (Å²) in [6.45, 7) is 1.03. The van der Waals surface area contributed by atoms with Crippen LogP contribution < -0.4 is 10.6 Å². The lowest BCUT2D eigenvalue weighted by atomic mass is 9.85. The van der Waals surface area contributed by atoms with Crippen LogP contribution in [0, 0.1) is 5.92 Å². The summed E-state index contributed by atoms with van der Waals surface area (Å²) in [4.78, 5) is 11.8. The second kappa shape index (κ2) is 4.40. The van der Waals surface area contributed by atoms with Crippen molar-refractivity contribution < 1.29 is 4.79 Å². The molecule has 1 amide bonds. The van der Waals surface area contributed by atoms with Crippen molar-refractivity contribution in [2.45, 2.75) is 32.1 Å². The number of nitrogens with one attached hydrogen (secondary N) is 2. The lowest BCUT2D eigenvalue weighted by Crippen LogP contribution is -2.28. The molecule has 1 aromatic rings. The van der Waals surface area contributed by atoms with E-state index >= 15 is 0 Å². The van der Waals surface area contributed by atoms with E-state index in [4.69, 9.17) is 0 Å². The molecule has 90 valence electrons. The van der Waals surface area contributed by atoms with Crippen molar-refractivity contribution in [1.29, 1.82) is 0 Å².